The molecule has 3 N–H and O–H groups in total. The zero-order valence-corrected chi connectivity index (χ0v) is 11.6. The molecule has 0 fully saturated rings. The molecule has 0 radical (unpaired) electrons. The normalized spacial score (nSPS) is 10.1. The predicted octanol–water partition coefficient (Wildman–Crippen LogP) is 3.23. The fourth-order valence-corrected chi connectivity index (χ4v) is 1.82. The van der Waals surface area contributed by atoms with Crippen molar-refractivity contribution in [2.45, 2.75) is 13.8 Å². The summed E-state index contributed by atoms with van der Waals surface area (Å²) in [5, 5.41) is 2.84. The second kappa shape index (κ2) is 6.10. The smallest absolute Gasteiger partial charge is 0.255 e. The van der Waals surface area contributed by atoms with Gasteiger partial charge in [-0.15, -0.1) is 0 Å². The van der Waals surface area contributed by atoms with Crippen molar-refractivity contribution in [2.24, 2.45) is 0 Å². The van der Waals surface area contributed by atoms with E-state index in [2.05, 4.69) is 5.32 Å². The lowest BCUT2D eigenvalue weighted by Gasteiger charge is -2.12. The first-order valence-corrected chi connectivity index (χ1v) is 6.50. The molecule has 4 nitrogen and oxygen atoms in total. The van der Waals surface area contributed by atoms with Crippen molar-refractivity contribution in [3.63, 3.8) is 0 Å². The van der Waals surface area contributed by atoms with Gasteiger partial charge < -0.3 is 15.8 Å². The summed E-state index contributed by atoms with van der Waals surface area (Å²) in [6, 6.07) is 12.6. The number of amides is 1. The lowest BCUT2D eigenvalue weighted by Crippen LogP contribution is -2.13. The van der Waals surface area contributed by atoms with Crippen molar-refractivity contribution in [1.29, 1.82) is 0 Å². The van der Waals surface area contributed by atoms with Gasteiger partial charge in [0.2, 0.25) is 0 Å². The average molecular weight is 270 g/mol. The number of anilines is 2. The van der Waals surface area contributed by atoms with Gasteiger partial charge in [0.15, 0.2) is 0 Å². The van der Waals surface area contributed by atoms with Gasteiger partial charge in [-0.2, -0.15) is 0 Å². The van der Waals surface area contributed by atoms with Gasteiger partial charge in [0, 0.05) is 17.3 Å². The van der Waals surface area contributed by atoms with Crippen LogP contribution in [0.5, 0.6) is 5.75 Å². The number of nitrogens with one attached hydrogen (secondary N) is 1. The van der Waals surface area contributed by atoms with Gasteiger partial charge in [0.25, 0.3) is 5.91 Å². The van der Waals surface area contributed by atoms with Crippen molar-refractivity contribution < 1.29 is 9.53 Å². The number of nitrogens with two attached hydrogens (primary N) is 1. The van der Waals surface area contributed by atoms with E-state index in [0.29, 0.717) is 29.3 Å². The highest BCUT2D eigenvalue weighted by Crippen LogP contribution is 2.27. The molecular weight excluding hydrogens is 252 g/mol. The van der Waals surface area contributed by atoms with Gasteiger partial charge >= 0.3 is 0 Å². The number of hydrogen-bond donors (Lipinski definition) is 2. The van der Waals surface area contributed by atoms with Crippen LogP contribution >= 0.6 is 0 Å². The van der Waals surface area contributed by atoms with Gasteiger partial charge in [-0.1, -0.05) is 17.7 Å². The summed E-state index contributed by atoms with van der Waals surface area (Å²) in [6.07, 6.45) is 0. The Morgan fingerprint density at radius 2 is 1.90 bits per heavy atom. The van der Waals surface area contributed by atoms with Gasteiger partial charge in [-0.05, 0) is 38.1 Å². The van der Waals surface area contributed by atoms with E-state index in [0.717, 1.165) is 5.56 Å². The molecule has 0 aliphatic carbocycles. The highest BCUT2D eigenvalue weighted by atomic mass is 16.5. The Balaban J connectivity index is 2.21. The lowest BCUT2D eigenvalue weighted by molar-refractivity contribution is 0.102. The standard InChI is InChI=1S/C16H18N2O2/c1-3-20-15-10-13(17)8-9-14(15)18-16(19)12-6-4-11(2)5-7-12/h4-10H,3,17H2,1-2H3,(H,18,19). The molecule has 0 aromatic heterocycles. The fraction of sp³-hybridized carbons (Fsp3) is 0.188. The highest BCUT2D eigenvalue weighted by molar-refractivity contribution is 6.05. The molecule has 0 aliphatic rings. The quantitative estimate of drug-likeness (QED) is 0.838. The van der Waals surface area contributed by atoms with E-state index >= 15 is 0 Å². The van der Waals surface area contributed by atoms with Crippen molar-refractivity contribution in [3.05, 3.63) is 53.6 Å². The summed E-state index contributed by atoms with van der Waals surface area (Å²) in [4.78, 5) is 12.2. The molecule has 104 valence electrons. The van der Waals surface area contributed by atoms with Crippen LogP contribution < -0.4 is 15.8 Å². The molecule has 0 saturated carbocycles. The molecule has 2 aromatic carbocycles. The maximum absolute atomic E-state index is 12.2. The molecule has 0 spiro atoms. The number of ether oxygens (including phenoxy) is 1. The largest absolute Gasteiger partial charge is 0.492 e. The van der Waals surface area contributed by atoms with E-state index in [9.17, 15) is 4.79 Å². The Kier molecular flexibility index (Phi) is 4.25. The van der Waals surface area contributed by atoms with Crippen molar-refractivity contribution in [1.82, 2.24) is 0 Å². The summed E-state index contributed by atoms with van der Waals surface area (Å²) in [5.41, 5.74) is 8.66. The van der Waals surface area contributed by atoms with Gasteiger partial charge in [0.05, 0.1) is 12.3 Å². The minimum Gasteiger partial charge on any atom is -0.492 e. The maximum atomic E-state index is 12.2. The van der Waals surface area contributed by atoms with Gasteiger partial charge in [0.1, 0.15) is 5.75 Å². The zero-order chi connectivity index (χ0) is 14.5. The summed E-state index contributed by atoms with van der Waals surface area (Å²) in [5.74, 6) is 0.406. The Labute approximate surface area is 118 Å². The summed E-state index contributed by atoms with van der Waals surface area (Å²) in [6.45, 7) is 4.38. The number of carbonyl (C=O) groups is 1. The van der Waals surface area contributed by atoms with Crippen LogP contribution in [-0.2, 0) is 0 Å². The molecule has 0 heterocycles. The third-order valence-corrected chi connectivity index (χ3v) is 2.87. The molecule has 0 saturated heterocycles. The molecule has 2 aromatic rings. The second-order valence-corrected chi connectivity index (χ2v) is 4.51. The highest BCUT2D eigenvalue weighted by Gasteiger charge is 2.10. The SMILES string of the molecule is CCOc1cc(N)ccc1NC(=O)c1ccc(C)cc1. The van der Waals surface area contributed by atoms with Crippen LogP contribution in [0.15, 0.2) is 42.5 Å². The number of aryl methyl sites for hydroxylation is 1. The second-order valence-electron chi connectivity index (χ2n) is 4.51. The fourth-order valence-electron chi connectivity index (χ4n) is 1.82. The Morgan fingerprint density at radius 3 is 2.55 bits per heavy atom. The summed E-state index contributed by atoms with van der Waals surface area (Å²) in [7, 11) is 0. The predicted molar refractivity (Wildman–Crippen MR) is 81.2 cm³/mol. The van der Waals surface area contributed by atoms with Crippen molar-refractivity contribution in [2.75, 3.05) is 17.7 Å². The first-order valence-electron chi connectivity index (χ1n) is 6.50. The molecule has 0 atom stereocenters. The Bertz CT molecular complexity index is 606. The third kappa shape index (κ3) is 3.29. The molecule has 0 aliphatic heterocycles. The zero-order valence-electron chi connectivity index (χ0n) is 11.6. The van der Waals surface area contributed by atoms with E-state index in [1.807, 2.05) is 26.0 Å². The van der Waals surface area contributed by atoms with E-state index < -0.39 is 0 Å². The van der Waals surface area contributed by atoms with Crippen LogP contribution in [0, 0.1) is 6.92 Å². The third-order valence-electron chi connectivity index (χ3n) is 2.87. The topological polar surface area (TPSA) is 64.3 Å². The van der Waals surface area contributed by atoms with Crippen LogP contribution in [-0.4, -0.2) is 12.5 Å². The molecule has 0 unspecified atom stereocenters. The molecular formula is C16H18N2O2. The Morgan fingerprint density at radius 1 is 1.20 bits per heavy atom. The van der Waals surface area contributed by atoms with Gasteiger partial charge in [-0.3, -0.25) is 4.79 Å². The minimum absolute atomic E-state index is 0.171. The van der Waals surface area contributed by atoms with E-state index in [-0.39, 0.29) is 5.91 Å². The number of rotatable bonds is 4. The van der Waals surface area contributed by atoms with Crippen LogP contribution in [0.3, 0.4) is 0 Å². The van der Waals surface area contributed by atoms with E-state index in [1.54, 1.807) is 30.3 Å². The molecule has 1 amide bonds. The van der Waals surface area contributed by atoms with Gasteiger partial charge in [-0.25, -0.2) is 0 Å². The molecule has 0 bridgehead atoms. The molecule has 20 heavy (non-hydrogen) atoms. The number of carbonyl (C=O) groups excluding carboxylic acids is 1. The van der Waals surface area contributed by atoms with E-state index in [4.69, 9.17) is 10.5 Å². The number of benzene rings is 2. The van der Waals surface area contributed by atoms with Crippen LogP contribution in [0.1, 0.15) is 22.8 Å². The monoisotopic (exact) mass is 270 g/mol. The van der Waals surface area contributed by atoms with Crippen LogP contribution in [0.2, 0.25) is 0 Å². The van der Waals surface area contributed by atoms with E-state index in [1.165, 1.54) is 0 Å². The lowest BCUT2D eigenvalue weighted by atomic mass is 10.1. The van der Waals surface area contributed by atoms with Crippen LogP contribution in [0.4, 0.5) is 11.4 Å². The number of nitrogen functional groups attached to an aromatic ring is 1. The van der Waals surface area contributed by atoms with Crippen molar-refractivity contribution in [3.8, 4) is 5.75 Å². The maximum Gasteiger partial charge on any atom is 0.255 e. The molecule has 4 heteroatoms. The summed E-state index contributed by atoms with van der Waals surface area (Å²) >= 11 is 0. The van der Waals surface area contributed by atoms with Crippen molar-refractivity contribution >= 4 is 17.3 Å². The van der Waals surface area contributed by atoms with Crippen LogP contribution in [0.25, 0.3) is 0 Å². The first-order chi connectivity index (χ1) is 9.60. The summed E-state index contributed by atoms with van der Waals surface area (Å²) < 4.78 is 5.48. The Hall–Kier alpha value is -2.49. The average Bonchev–Trinajstić information content (AvgIpc) is 2.43. The molecule has 2 rings (SSSR count). The minimum atomic E-state index is -0.171. The number of hydrogen-bond acceptors (Lipinski definition) is 3. The first kappa shape index (κ1) is 13.9.